The average molecular weight is 242 g/mol. The van der Waals surface area contributed by atoms with Crippen molar-refractivity contribution in [3.63, 3.8) is 0 Å². The zero-order chi connectivity index (χ0) is 13.0. The molecule has 18 heavy (non-hydrogen) atoms. The zero-order valence-corrected chi connectivity index (χ0v) is 10.6. The summed E-state index contributed by atoms with van der Waals surface area (Å²) in [5, 5.41) is 4.95. The Morgan fingerprint density at radius 3 is 2.89 bits per heavy atom. The van der Waals surface area contributed by atoms with Gasteiger partial charge in [0.1, 0.15) is 0 Å². The predicted octanol–water partition coefficient (Wildman–Crippen LogP) is 2.17. The molecule has 0 atom stereocenters. The molecule has 0 aliphatic rings. The van der Waals surface area contributed by atoms with Gasteiger partial charge >= 0.3 is 0 Å². The summed E-state index contributed by atoms with van der Waals surface area (Å²) >= 11 is 0. The molecule has 94 valence electrons. The average Bonchev–Trinajstić information content (AvgIpc) is 2.40. The molecule has 2 rings (SSSR count). The van der Waals surface area contributed by atoms with Crippen molar-refractivity contribution in [2.24, 2.45) is 0 Å². The second-order valence-corrected chi connectivity index (χ2v) is 4.37. The Hall–Kier alpha value is -1.87. The maximum atomic E-state index is 12.2. The van der Waals surface area contributed by atoms with Gasteiger partial charge in [-0.2, -0.15) is 0 Å². The van der Waals surface area contributed by atoms with E-state index in [0.29, 0.717) is 6.54 Å². The van der Waals surface area contributed by atoms with E-state index in [2.05, 4.69) is 18.8 Å². The number of rotatable bonds is 5. The van der Waals surface area contributed by atoms with Crippen molar-refractivity contribution in [2.45, 2.75) is 13.5 Å². The third-order valence-corrected chi connectivity index (χ3v) is 2.91. The number of fused-ring (bicyclic) bond motifs is 1. The topological polar surface area (TPSA) is 34.0 Å². The van der Waals surface area contributed by atoms with Crippen molar-refractivity contribution < 1.29 is 0 Å². The third-order valence-electron chi connectivity index (χ3n) is 2.91. The van der Waals surface area contributed by atoms with Crippen molar-refractivity contribution >= 4 is 10.8 Å². The molecule has 0 saturated carbocycles. The molecule has 3 nitrogen and oxygen atoms in total. The highest BCUT2D eigenvalue weighted by Crippen LogP contribution is 2.08. The first-order valence-corrected chi connectivity index (χ1v) is 6.18. The van der Waals surface area contributed by atoms with Gasteiger partial charge in [-0.05, 0) is 29.6 Å². The quantitative estimate of drug-likeness (QED) is 0.815. The van der Waals surface area contributed by atoms with Crippen molar-refractivity contribution in [3.8, 4) is 0 Å². The summed E-state index contributed by atoms with van der Waals surface area (Å²) in [6.07, 6.45) is 1.84. The Balaban J connectivity index is 2.27. The second-order valence-electron chi connectivity index (χ2n) is 4.37. The van der Waals surface area contributed by atoms with E-state index < -0.39 is 0 Å². The minimum atomic E-state index is 0.0470. The van der Waals surface area contributed by atoms with Gasteiger partial charge in [-0.3, -0.25) is 4.79 Å². The monoisotopic (exact) mass is 242 g/mol. The molecule has 0 amide bonds. The van der Waals surface area contributed by atoms with Gasteiger partial charge in [-0.1, -0.05) is 31.7 Å². The van der Waals surface area contributed by atoms with Gasteiger partial charge in [0, 0.05) is 24.7 Å². The first-order chi connectivity index (χ1) is 8.72. The van der Waals surface area contributed by atoms with E-state index in [9.17, 15) is 4.79 Å². The molecule has 3 heteroatoms. The minimum absolute atomic E-state index is 0.0470. The maximum Gasteiger partial charge on any atom is 0.258 e. The minimum Gasteiger partial charge on any atom is -0.313 e. The van der Waals surface area contributed by atoms with Crippen LogP contribution in [-0.4, -0.2) is 17.7 Å². The molecule has 1 aromatic heterocycles. The molecular formula is C15H18N2O. The van der Waals surface area contributed by atoms with Crippen LogP contribution in [0.2, 0.25) is 0 Å². The standard InChI is InChI=1S/C15H18N2O/c1-3-16-10-12(2)11-17-9-8-13-6-4-5-7-14(13)15(17)18/h4-9,16H,2-3,10-11H2,1H3. The van der Waals surface area contributed by atoms with Crippen LogP contribution in [0.15, 0.2) is 53.5 Å². The number of hydrogen-bond donors (Lipinski definition) is 1. The van der Waals surface area contributed by atoms with Crippen LogP contribution in [0.25, 0.3) is 10.8 Å². The van der Waals surface area contributed by atoms with Crippen LogP contribution in [0.3, 0.4) is 0 Å². The smallest absolute Gasteiger partial charge is 0.258 e. The normalized spacial score (nSPS) is 10.7. The van der Waals surface area contributed by atoms with Gasteiger partial charge in [0.25, 0.3) is 5.56 Å². The van der Waals surface area contributed by atoms with Gasteiger partial charge in [-0.25, -0.2) is 0 Å². The molecule has 0 spiro atoms. The fourth-order valence-electron chi connectivity index (χ4n) is 1.95. The highest BCUT2D eigenvalue weighted by Gasteiger charge is 2.03. The summed E-state index contributed by atoms with van der Waals surface area (Å²) in [7, 11) is 0. The molecule has 1 aromatic carbocycles. The highest BCUT2D eigenvalue weighted by molar-refractivity contribution is 5.81. The van der Waals surface area contributed by atoms with E-state index in [0.717, 1.165) is 29.4 Å². The molecule has 1 heterocycles. The SMILES string of the molecule is C=C(CNCC)Cn1ccc2ccccc2c1=O. The summed E-state index contributed by atoms with van der Waals surface area (Å²) in [4.78, 5) is 12.2. The van der Waals surface area contributed by atoms with Crippen LogP contribution in [0.5, 0.6) is 0 Å². The largest absolute Gasteiger partial charge is 0.313 e. The molecule has 0 bridgehead atoms. The number of nitrogens with one attached hydrogen (secondary N) is 1. The van der Waals surface area contributed by atoms with Crippen LogP contribution < -0.4 is 10.9 Å². The van der Waals surface area contributed by atoms with Crippen molar-refractivity contribution in [3.05, 3.63) is 59.0 Å². The van der Waals surface area contributed by atoms with Gasteiger partial charge in [-0.15, -0.1) is 0 Å². The van der Waals surface area contributed by atoms with Gasteiger partial charge in [0.2, 0.25) is 0 Å². The van der Waals surface area contributed by atoms with Crippen molar-refractivity contribution in [1.29, 1.82) is 0 Å². The summed E-state index contributed by atoms with van der Waals surface area (Å²) in [6, 6.07) is 9.62. The lowest BCUT2D eigenvalue weighted by molar-refractivity contribution is 0.692. The molecule has 0 unspecified atom stereocenters. The fraction of sp³-hybridized carbons (Fsp3) is 0.267. The fourth-order valence-corrected chi connectivity index (χ4v) is 1.95. The van der Waals surface area contributed by atoms with Crippen molar-refractivity contribution in [1.82, 2.24) is 9.88 Å². The van der Waals surface area contributed by atoms with Crippen LogP contribution in [-0.2, 0) is 6.54 Å². The van der Waals surface area contributed by atoms with Gasteiger partial charge < -0.3 is 9.88 Å². The van der Waals surface area contributed by atoms with Crippen LogP contribution in [0.1, 0.15) is 6.92 Å². The Bertz CT molecular complexity index is 613. The van der Waals surface area contributed by atoms with E-state index in [1.807, 2.05) is 36.5 Å². The molecular weight excluding hydrogens is 224 g/mol. The molecule has 1 N–H and O–H groups in total. The second kappa shape index (κ2) is 5.65. The van der Waals surface area contributed by atoms with Crippen LogP contribution in [0, 0.1) is 0 Å². The predicted molar refractivity (Wildman–Crippen MR) is 75.9 cm³/mol. The van der Waals surface area contributed by atoms with E-state index in [1.54, 1.807) is 4.57 Å². The number of benzene rings is 1. The highest BCUT2D eigenvalue weighted by atomic mass is 16.1. The summed E-state index contributed by atoms with van der Waals surface area (Å²) < 4.78 is 1.71. The summed E-state index contributed by atoms with van der Waals surface area (Å²) in [5.41, 5.74) is 1.06. The maximum absolute atomic E-state index is 12.2. The first-order valence-electron chi connectivity index (χ1n) is 6.18. The van der Waals surface area contributed by atoms with Gasteiger partial charge in [0.15, 0.2) is 0 Å². The van der Waals surface area contributed by atoms with E-state index in [1.165, 1.54) is 0 Å². The van der Waals surface area contributed by atoms with E-state index in [4.69, 9.17) is 0 Å². The lowest BCUT2D eigenvalue weighted by Gasteiger charge is -2.10. The van der Waals surface area contributed by atoms with E-state index >= 15 is 0 Å². The van der Waals surface area contributed by atoms with Crippen LogP contribution >= 0.6 is 0 Å². The number of likely N-dealkylation sites (N-methyl/N-ethyl adjacent to an activating group) is 1. The number of hydrogen-bond acceptors (Lipinski definition) is 2. The summed E-state index contributed by atoms with van der Waals surface area (Å²) in [6.45, 7) is 8.26. The van der Waals surface area contributed by atoms with Crippen molar-refractivity contribution in [2.75, 3.05) is 13.1 Å². The van der Waals surface area contributed by atoms with Gasteiger partial charge in [0.05, 0.1) is 0 Å². The van der Waals surface area contributed by atoms with Crippen LogP contribution in [0.4, 0.5) is 0 Å². The molecule has 0 fully saturated rings. The molecule has 0 aliphatic carbocycles. The zero-order valence-electron chi connectivity index (χ0n) is 10.6. The summed E-state index contributed by atoms with van der Waals surface area (Å²) in [5.74, 6) is 0. The molecule has 0 radical (unpaired) electrons. The number of pyridine rings is 1. The molecule has 0 saturated heterocycles. The molecule has 0 aliphatic heterocycles. The number of aromatic nitrogens is 1. The van der Waals surface area contributed by atoms with E-state index in [-0.39, 0.29) is 5.56 Å². The lowest BCUT2D eigenvalue weighted by Crippen LogP contribution is -2.24. The third kappa shape index (κ3) is 2.68. The Kier molecular flexibility index (Phi) is 3.95. The Labute approximate surface area is 107 Å². The Morgan fingerprint density at radius 2 is 2.11 bits per heavy atom. The first kappa shape index (κ1) is 12.6. The Morgan fingerprint density at radius 1 is 1.33 bits per heavy atom. The molecule has 2 aromatic rings. The lowest BCUT2D eigenvalue weighted by atomic mass is 10.2. The number of nitrogens with zero attached hydrogens (tertiary/aromatic N) is 1.